The van der Waals surface area contributed by atoms with Crippen LogP contribution in [-0.4, -0.2) is 58.1 Å². The van der Waals surface area contributed by atoms with E-state index in [0.717, 1.165) is 0 Å². The molecule has 0 spiro atoms. The van der Waals surface area contributed by atoms with Gasteiger partial charge in [0, 0.05) is 42.3 Å². The lowest BCUT2D eigenvalue weighted by molar-refractivity contribution is 0.0758. The largest absolute Gasteiger partial charge is 0.335 e. The number of anilines is 1. The van der Waals surface area contributed by atoms with Crippen LogP contribution in [0.3, 0.4) is 0 Å². The van der Waals surface area contributed by atoms with Crippen molar-refractivity contribution in [2.24, 2.45) is 0 Å². The van der Waals surface area contributed by atoms with Crippen LogP contribution in [0.25, 0.3) is 10.8 Å². The lowest BCUT2D eigenvalue weighted by atomic mass is 10.1. The number of carbonyl (C=O) groups excluding carboxylic acids is 2. The van der Waals surface area contributed by atoms with E-state index in [1.165, 1.54) is 0 Å². The summed E-state index contributed by atoms with van der Waals surface area (Å²) < 4.78 is 0. The summed E-state index contributed by atoms with van der Waals surface area (Å²) in [7, 11) is 0. The van der Waals surface area contributed by atoms with E-state index in [9.17, 15) is 14.4 Å². The van der Waals surface area contributed by atoms with Crippen molar-refractivity contribution in [3.63, 3.8) is 0 Å². The highest BCUT2D eigenvalue weighted by molar-refractivity contribution is 6.30. The second-order valence-corrected chi connectivity index (χ2v) is 7.46. The number of urea groups is 1. The van der Waals surface area contributed by atoms with E-state index in [4.69, 9.17) is 11.6 Å². The zero-order valence-electron chi connectivity index (χ0n) is 16.1. The van der Waals surface area contributed by atoms with E-state index in [1.807, 2.05) is 0 Å². The Balaban J connectivity index is 1.47. The Hall–Kier alpha value is -3.39. The molecule has 0 aliphatic carbocycles. The smallest absolute Gasteiger partial charge is 0.321 e. The maximum absolute atomic E-state index is 13.1. The molecule has 0 bridgehead atoms. The Morgan fingerprint density at radius 3 is 2.50 bits per heavy atom. The maximum atomic E-state index is 13.1. The number of nitrogens with zero attached hydrogens (tertiary/aromatic N) is 3. The minimum atomic E-state index is -0.332. The van der Waals surface area contributed by atoms with E-state index < -0.39 is 0 Å². The second-order valence-electron chi connectivity index (χ2n) is 7.02. The Morgan fingerprint density at radius 1 is 0.967 bits per heavy atom. The van der Waals surface area contributed by atoms with E-state index in [2.05, 4.69) is 15.5 Å². The molecular weight excluding hydrogens is 406 g/mol. The number of benzene rings is 2. The normalized spacial score (nSPS) is 14.4. The molecule has 3 aromatic rings. The van der Waals surface area contributed by atoms with Crippen LogP contribution in [0.5, 0.6) is 0 Å². The van der Waals surface area contributed by atoms with Gasteiger partial charge in [0.1, 0.15) is 0 Å². The van der Waals surface area contributed by atoms with E-state index in [1.54, 1.807) is 58.3 Å². The fourth-order valence-corrected chi connectivity index (χ4v) is 3.71. The van der Waals surface area contributed by atoms with Crippen molar-refractivity contribution >= 4 is 40.0 Å². The standard InChI is InChI=1S/C21H20ClN5O3/c22-14-5-3-6-15(13-14)23-21(30)27-10-4-9-26(11-12-27)20(29)18-16-7-1-2-8-17(16)19(28)25-24-18/h1-3,5-8,13H,4,9-12H2,(H,23,30)(H,25,28). The number of carbonyl (C=O) groups is 2. The molecule has 1 fully saturated rings. The van der Waals surface area contributed by atoms with Crippen LogP contribution < -0.4 is 10.9 Å². The van der Waals surface area contributed by atoms with Crippen molar-refractivity contribution in [3.8, 4) is 0 Å². The minimum absolute atomic E-state index is 0.210. The topological polar surface area (TPSA) is 98.4 Å². The molecule has 9 heteroatoms. The van der Waals surface area contributed by atoms with Gasteiger partial charge in [-0.15, -0.1) is 0 Å². The first kappa shape index (κ1) is 19.9. The molecule has 3 amide bonds. The SMILES string of the molecule is O=C(Nc1cccc(Cl)c1)N1CCCN(C(=O)c2n[nH]c(=O)c3ccccc23)CC1. The highest BCUT2D eigenvalue weighted by atomic mass is 35.5. The number of hydrogen-bond donors (Lipinski definition) is 2. The average molecular weight is 426 g/mol. The minimum Gasteiger partial charge on any atom is -0.335 e. The van der Waals surface area contributed by atoms with Gasteiger partial charge in [0.2, 0.25) is 0 Å². The lowest BCUT2D eigenvalue weighted by Crippen LogP contribution is -2.39. The van der Waals surface area contributed by atoms with Crippen LogP contribution in [0.15, 0.2) is 53.3 Å². The van der Waals surface area contributed by atoms with E-state index in [0.29, 0.717) is 54.1 Å². The Labute approximate surface area is 177 Å². The molecule has 30 heavy (non-hydrogen) atoms. The highest BCUT2D eigenvalue weighted by Crippen LogP contribution is 2.18. The van der Waals surface area contributed by atoms with Crippen LogP contribution >= 0.6 is 11.6 Å². The van der Waals surface area contributed by atoms with Crippen LogP contribution in [0.2, 0.25) is 5.02 Å². The van der Waals surface area contributed by atoms with Gasteiger partial charge in [-0.2, -0.15) is 5.10 Å². The predicted molar refractivity (Wildman–Crippen MR) is 115 cm³/mol. The molecule has 2 heterocycles. The van der Waals surface area contributed by atoms with Crippen molar-refractivity contribution in [3.05, 3.63) is 69.6 Å². The molecule has 1 saturated heterocycles. The molecular formula is C21H20ClN5O3. The van der Waals surface area contributed by atoms with Crippen LogP contribution in [0.1, 0.15) is 16.9 Å². The zero-order chi connectivity index (χ0) is 21.1. The van der Waals surface area contributed by atoms with Gasteiger partial charge in [-0.05, 0) is 30.7 Å². The van der Waals surface area contributed by atoms with Gasteiger partial charge in [-0.3, -0.25) is 9.59 Å². The van der Waals surface area contributed by atoms with Crippen LogP contribution in [0.4, 0.5) is 10.5 Å². The molecule has 8 nitrogen and oxygen atoms in total. The molecule has 0 radical (unpaired) electrons. The number of aromatic nitrogens is 2. The van der Waals surface area contributed by atoms with Gasteiger partial charge in [0.05, 0.1) is 5.39 Å². The zero-order valence-corrected chi connectivity index (χ0v) is 16.9. The fraction of sp³-hybridized carbons (Fsp3) is 0.238. The van der Waals surface area contributed by atoms with Crippen LogP contribution in [0, 0.1) is 0 Å². The molecule has 1 aliphatic heterocycles. The molecule has 2 N–H and O–H groups in total. The second kappa shape index (κ2) is 8.54. The van der Waals surface area contributed by atoms with Gasteiger partial charge in [-0.25, -0.2) is 9.89 Å². The van der Waals surface area contributed by atoms with Crippen molar-refractivity contribution in [2.75, 3.05) is 31.5 Å². The summed E-state index contributed by atoms with van der Waals surface area (Å²) in [6.07, 6.45) is 0.635. The fourth-order valence-electron chi connectivity index (χ4n) is 3.52. The highest BCUT2D eigenvalue weighted by Gasteiger charge is 2.25. The van der Waals surface area contributed by atoms with E-state index >= 15 is 0 Å². The van der Waals surface area contributed by atoms with Crippen molar-refractivity contribution in [1.29, 1.82) is 0 Å². The first-order valence-electron chi connectivity index (χ1n) is 9.61. The number of rotatable bonds is 2. The molecule has 0 saturated carbocycles. The summed E-state index contributed by atoms with van der Waals surface area (Å²) in [5, 5.41) is 10.7. The Kier molecular flexibility index (Phi) is 5.67. The van der Waals surface area contributed by atoms with E-state index in [-0.39, 0.29) is 23.2 Å². The summed E-state index contributed by atoms with van der Waals surface area (Å²) in [4.78, 5) is 41.0. The summed E-state index contributed by atoms with van der Waals surface area (Å²) in [6, 6.07) is 13.6. The summed E-state index contributed by atoms with van der Waals surface area (Å²) in [5.74, 6) is -0.264. The molecule has 0 atom stereocenters. The van der Waals surface area contributed by atoms with Crippen molar-refractivity contribution < 1.29 is 9.59 Å². The summed E-state index contributed by atoms with van der Waals surface area (Å²) in [5.41, 5.74) is 0.498. The Morgan fingerprint density at radius 2 is 1.70 bits per heavy atom. The number of H-pyrrole nitrogens is 1. The van der Waals surface area contributed by atoms with Gasteiger partial charge >= 0.3 is 6.03 Å². The third-order valence-electron chi connectivity index (χ3n) is 5.04. The molecule has 4 rings (SSSR count). The lowest BCUT2D eigenvalue weighted by Gasteiger charge is -2.22. The third kappa shape index (κ3) is 4.13. The van der Waals surface area contributed by atoms with Gasteiger partial charge < -0.3 is 15.1 Å². The molecule has 1 aromatic heterocycles. The molecule has 154 valence electrons. The molecule has 1 aliphatic rings. The quantitative estimate of drug-likeness (QED) is 0.659. The number of nitrogens with one attached hydrogen (secondary N) is 2. The van der Waals surface area contributed by atoms with Gasteiger partial charge in [0.15, 0.2) is 5.69 Å². The predicted octanol–water partition coefficient (Wildman–Crippen LogP) is 2.96. The summed E-state index contributed by atoms with van der Waals surface area (Å²) in [6.45, 7) is 1.78. The maximum Gasteiger partial charge on any atom is 0.321 e. The first-order valence-corrected chi connectivity index (χ1v) is 9.99. The molecule has 2 aromatic carbocycles. The number of fused-ring (bicyclic) bond motifs is 1. The average Bonchev–Trinajstić information content (AvgIpc) is 3.00. The van der Waals surface area contributed by atoms with Gasteiger partial charge in [-0.1, -0.05) is 35.9 Å². The molecule has 0 unspecified atom stereocenters. The number of amides is 3. The summed E-state index contributed by atoms with van der Waals surface area (Å²) >= 11 is 5.97. The monoisotopic (exact) mass is 425 g/mol. The Bertz CT molecular complexity index is 1160. The first-order chi connectivity index (χ1) is 14.5. The number of halogens is 1. The van der Waals surface area contributed by atoms with Crippen molar-refractivity contribution in [1.82, 2.24) is 20.0 Å². The van der Waals surface area contributed by atoms with Crippen molar-refractivity contribution in [2.45, 2.75) is 6.42 Å². The third-order valence-corrected chi connectivity index (χ3v) is 5.28. The van der Waals surface area contributed by atoms with Gasteiger partial charge in [0.25, 0.3) is 11.5 Å². The number of hydrogen-bond acceptors (Lipinski definition) is 4. The van der Waals surface area contributed by atoms with Crippen LogP contribution in [-0.2, 0) is 0 Å². The number of aromatic amines is 1.